The van der Waals surface area contributed by atoms with Crippen molar-refractivity contribution in [1.82, 2.24) is 0 Å². The summed E-state index contributed by atoms with van der Waals surface area (Å²) < 4.78 is 16.4. The second-order valence-electron chi connectivity index (χ2n) is 4.93. The predicted octanol–water partition coefficient (Wildman–Crippen LogP) is 4.18. The Morgan fingerprint density at radius 1 is 1.04 bits per heavy atom. The summed E-state index contributed by atoms with van der Waals surface area (Å²) in [7, 11) is 4.58. The largest absolute Gasteiger partial charge is 0.497 e. The maximum Gasteiger partial charge on any atom is 0.243 e. The standard InChI is InChI=1S/C17H18BrClN2O4/c1-23-10-4-5-11(18)13(6-10)20-9-17(22)21-14-8-15(24-2)12(19)7-16(14)25-3/h4-8,20H,9H2,1-3H3,(H,21,22). The van der Waals surface area contributed by atoms with E-state index < -0.39 is 0 Å². The van der Waals surface area contributed by atoms with Crippen molar-refractivity contribution < 1.29 is 19.0 Å². The van der Waals surface area contributed by atoms with Gasteiger partial charge in [-0.3, -0.25) is 4.79 Å². The van der Waals surface area contributed by atoms with E-state index in [0.29, 0.717) is 28.0 Å². The van der Waals surface area contributed by atoms with Crippen molar-refractivity contribution in [3.8, 4) is 17.2 Å². The van der Waals surface area contributed by atoms with Crippen LogP contribution in [0.4, 0.5) is 11.4 Å². The zero-order valence-corrected chi connectivity index (χ0v) is 16.3. The van der Waals surface area contributed by atoms with Crippen LogP contribution >= 0.6 is 27.5 Å². The normalized spacial score (nSPS) is 10.1. The third-order valence-corrected chi connectivity index (χ3v) is 4.35. The molecule has 0 fully saturated rings. The number of carbonyl (C=O) groups is 1. The molecule has 0 aliphatic rings. The maximum absolute atomic E-state index is 12.3. The molecule has 0 aliphatic heterocycles. The molecule has 25 heavy (non-hydrogen) atoms. The molecule has 0 radical (unpaired) electrons. The second-order valence-corrected chi connectivity index (χ2v) is 6.20. The number of methoxy groups -OCH3 is 3. The molecule has 0 aromatic heterocycles. The van der Waals surface area contributed by atoms with Crippen LogP contribution in [0.25, 0.3) is 0 Å². The fourth-order valence-electron chi connectivity index (χ4n) is 2.09. The maximum atomic E-state index is 12.3. The van der Waals surface area contributed by atoms with Gasteiger partial charge in [0.15, 0.2) is 0 Å². The smallest absolute Gasteiger partial charge is 0.243 e. The highest BCUT2D eigenvalue weighted by atomic mass is 79.9. The molecule has 0 spiro atoms. The Kier molecular flexibility index (Phi) is 6.78. The van der Waals surface area contributed by atoms with Crippen molar-refractivity contribution in [2.24, 2.45) is 0 Å². The van der Waals surface area contributed by atoms with Gasteiger partial charge in [-0.1, -0.05) is 11.6 Å². The Hall–Kier alpha value is -2.12. The van der Waals surface area contributed by atoms with Gasteiger partial charge in [-0.15, -0.1) is 0 Å². The van der Waals surface area contributed by atoms with Gasteiger partial charge in [0.05, 0.1) is 44.3 Å². The number of carbonyl (C=O) groups excluding carboxylic acids is 1. The molecule has 6 nitrogen and oxygen atoms in total. The molecular formula is C17H18BrClN2O4. The minimum absolute atomic E-state index is 0.0554. The molecule has 0 aliphatic carbocycles. The van der Waals surface area contributed by atoms with Crippen molar-refractivity contribution in [2.75, 3.05) is 38.5 Å². The van der Waals surface area contributed by atoms with E-state index in [9.17, 15) is 4.79 Å². The zero-order valence-electron chi connectivity index (χ0n) is 14.0. The Balaban J connectivity index is 2.08. The SMILES string of the molecule is COc1ccc(Br)c(NCC(=O)Nc2cc(OC)c(Cl)cc2OC)c1. The van der Waals surface area contributed by atoms with E-state index >= 15 is 0 Å². The number of amides is 1. The van der Waals surface area contributed by atoms with Crippen LogP contribution in [0, 0.1) is 0 Å². The molecule has 134 valence electrons. The molecule has 2 N–H and O–H groups in total. The highest BCUT2D eigenvalue weighted by Crippen LogP contribution is 2.35. The van der Waals surface area contributed by atoms with Crippen LogP contribution in [0.1, 0.15) is 0 Å². The highest BCUT2D eigenvalue weighted by molar-refractivity contribution is 9.10. The van der Waals surface area contributed by atoms with Gasteiger partial charge < -0.3 is 24.8 Å². The molecule has 0 saturated carbocycles. The van der Waals surface area contributed by atoms with Crippen LogP contribution in [0.3, 0.4) is 0 Å². The van der Waals surface area contributed by atoms with E-state index in [1.54, 1.807) is 25.3 Å². The van der Waals surface area contributed by atoms with Gasteiger partial charge in [-0.25, -0.2) is 0 Å². The number of nitrogens with one attached hydrogen (secondary N) is 2. The first-order valence-electron chi connectivity index (χ1n) is 7.27. The second kappa shape index (κ2) is 8.82. The molecule has 2 aromatic carbocycles. The van der Waals surface area contributed by atoms with Crippen LogP contribution in [-0.2, 0) is 4.79 Å². The molecule has 2 rings (SSSR count). The van der Waals surface area contributed by atoms with Gasteiger partial charge in [-0.2, -0.15) is 0 Å². The Morgan fingerprint density at radius 2 is 1.76 bits per heavy atom. The van der Waals surface area contributed by atoms with E-state index in [1.165, 1.54) is 14.2 Å². The van der Waals surface area contributed by atoms with Crippen LogP contribution < -0.4 is 24.8 Å². The molecule has 0 unspecified atom stereocenters. The van der Waals surface area contributed by atoms with Crippen molar-refractivity contribution in [3.05, 3.63) is 39.8 Å². The van der Waals surface area contributed by atoms with E-state index in [1.807, 2.05) is 12.1 Å². The van der Waals surface area contributed by atoms with Gasteiger partial charge in [0.2, 0.25) is 5.91 Å². The van der Waals surface area contributed by atoms with E-state index in [4.69, 9.17) is 25.8 Å². The predicted molar refractivity (Wildman–Crippen MR) is 102 cm³/mol. The van der Waals surface area contributed by atoms with Crippen molar-refractivity contribution in [2.45, 2.75) is 0 Å². The van der Waals surface area contributed by atoms with Crippen molar-refractivity contribution >= 4 is 44.8 Å². The molecule has 0 atom stereocenters. The van der Waals surface area contributed by atoms with Gasteiger partial charge in [0.25, 0.3) is 0 Å². The van der Waals surface area contributed by atoms with Crippen molar-refractivity contribution in [1.29, 1.82) is 0 Å². The van der Waals surface area contributed by atoms with Gasteiger partial charge in [-0.05, 0) is 28.1 Å². The van der Waals surface area contributed by atoms with Gasteiger partial charge in [0.1, 0.15) is 17.2 Å². The average molecular weight is 430 g/mol. The lowest BCUT2D eigenvalue weighted by molar-refractivity contribution is -0.114. The molecule has 0 bridgehead atoms. The van der Waals surface area contributed by atoms with Crippen LogP contribution in [0.2, 0.25) is 5.02 Å². The molecule has 2 aromatic rings. The summed E-state index contributed by atoms with van der Waals surface area (Å²) in [5.74, 6) is 1.33. The van der Waals surface area contributed by atoms with E-state index in [-0.39, 0.29) is 12.5 Å². The third kappa shape index (κ3) is 4.93. The number of halogens is 2. The van der Waals surface area contributed by atoms with Crippen LogP contribution in [0.5, 0.6) is 17.2 Å². The van der Waals surface area contributed by atoms with Crippen molar-refractivity contribution in [3.63, 3.8) is 0 Å². The minimum atomic E-state index is -0.252. The summed E-state index contributed by atoms with van der Waals surface area (Å²) in [6.45, 7) is 0.0554. The first-order valence-corrected chi connectivity index (χ1v) is 8.44. The topological polar surface area (TPSA) is 68.8 Å². The monoisotopic (exact) mass is 428 g/mol. The lowest BCUT2D eigenvalue weighted by atomic mass is 10.2. The molecular weight excluding hydrogens is 412 g/mol. The first kappa shape index (κ1) is 19.2. The number of benzene rings is 2. The fourth-order valence-corrected chi connectivity index (χ4v) is 2.71. The van der Waals surface area contributed by atoms with Crippen LogP contribution in [0.15, 0.2) is 34.8 Å². The minimum Gasteiger partial charge on any atom is -0.497 e. The van der Waals surface area contributed by atoms with E-state index in [2.05, 4.69) is 26.6 Å². The fraction of sp³-hybridized carbons (Fsp3) is 0.235. The Morgan fingerprint density at radius 3 is 2.40 bits per heavy atom. The molecule has 1 amide bonds. The quantitative estimate of drug-likeness (QED) is 0.691. The lowest BCUT2D eigenvalue weighted by Crippen LogP contribution is -2.22. The van der Waals surface area contributed by atoms with Gasteiger partial charge >= 0.3 is 0 Å². The number of hydrogen-bond donors (Lipinski definition) is 2. The number of hydrogen-bond acceptors (Lipinski definition) is 5. The third-order valence-electron chi connectivity index (χ3n) is 3.36. The molecule has 8 heteroatoms. The number of rotatable bonds is 7. The Bertz CT molecular complexity index is 771. The Labute approximate surface area is 159 Å². The van der Waals surface area contributed by atoms with Crippen LogP contribution in [-0.4, -0.2) is 33.8 Å². The van der Waals surface area contributed by atoms with Gasteiger partial charge in [0, 0.05) is 22.7 Å². The summed E-state index contributed by atoms with van der Waals surface area (Å²) in [4.78, 5) is 12.3. The number of anilines is 2. The summed E-state index contributed by atoms with van der Waals surface area (Å²) in [5, 5.41) is 6.22. The number of ether oxygens (including phenoxy) is 3. The summed E-state index contributed by atoms with van der Waals surface area (Å²) in [6, 6.07) is 8.65. The lowest BCUT2D eigenvalue weighted by Gasteiger charge is -2.14. The zero-order chi connectivity index (χ0) is 18.4. The van der Waals surface area contributed by atoms with E-state index in [0.717, 1.165) is 10.2 Å². The molecule has 0 saturated heterocycles. The summed E-state index contributed by atoms with van der Waals surface area (Å²) in [6.07, 6.45) is 0. The highest BCUT2D eigenvalue weighted by Gasteiger charge is 2.13. The summed E-state index contributed by atoms with van der Waals surface area (Å²) in [5.41, 5.74) is 1.22. The average Bonchev–Trinajstić information content (AvgIpc) is 2.62. The summed E-state index contributed by atoms with van der Waals surface area (Å²) >= 11 is 9.48. The molecule has 0 heterocycles. The first-order chi connectivity index (χ1) is 12.0.